The fourth-order valence-electron chi connectivity index (χ4n) is 3.54. The maximum absolute atomic E-state index is 12.4. The van der Waals surface area contributed by atoms with E-state index in [-0.39, 0.29) is 30.3 Å². The van der Waals surface area contributed by atoms with Gasteiger partial charge in [-0.15, -0.1) is 12.4 Å². The maximum atomic E-state index is 12.4. The monoisotopic (exact) mass is 419 g/mol. The molecule has 3 rings (SSSR count). The number of methoxy groups -OCH3 is 1. The van der Waals surface area contributed by atoms with Crippen LogP contribution in [0.15, 0.2) is 54.6 Å². The molecule has 1 fully saturated rings. The molecule has 0 aliphatic carbocycles. The number of nitrogens with zero attached hydrogens (tertiary/aromatic N) is 1. The molecule has 6 nitrogen and oxygen atoms in total. The third-order valence-electron chi connectivity index (χ3n) is 4.98. The number of ether oxygens (including phenoxy) is 2. The Labute approximate surface area is 178 Å². The Balaban J connectivity index is 0.00000300. The van der Waals surface area contributed by atoms with E-state index in [4.69, 9.17) is 15.2 Å². The van der Waals surface area contributed by atoms with Crippen LogP contribution in [0.2, 0.25) is 0 Å². The van der Waals surface area contributed by atoms with Gasteiger partial charge in [-0.2, -0.15) is 0 Å². The summed E-state index contributed by atoms with van der Waals surface area (Å²) >= 11 is 0. The highest BCUT2D eigenvalue weighted by Gasteiger charge is 2.31. The Morgan fingerprint density at radius 1 is 1.14 bits per heavy atom. The van der Waals surface area contributed by atoms with Crippen molar-refractivity contribution in [2.75, 3.05) is 40.0 Å². The summed E-state index contributed by atoms with van der Waals surface area (Å²) < 4.78 is 10.6. The maximum Gasteiger partial charge on any atom is 0.234 e. The van der Waals surface area contributed by atoms with Crippen LogP contribution >= 0.6 is 12.4 Å². The van der Waals surface area contributed by atoms with E-state index in [0.29, 0.717) is 26.3 Å². The molecule has 0 radical (unpaired) electrons. The van der Waals surface area contributed by atoms with Crippen LogP contribution in [0.4, 0.5) is 0 Å². The lowest BCUT2D eigenvalue weighted by molar-refractivity contribution is -0.122. The van der Waals surface area contributed by atoms with Crippen molar-refractivity contribution in [3.05, 3.63) is 65.7 Å². The topological polar surface area (TPSA) is 76.8 Å². The Morgan fingerprint density at radius 3 is 2.69 bits per heavy atom. The molecule has 158 valence electrons. The van der Waals surface area contributed by atoms with Crippen LogP contribution in [-0.4, -0.2) is 56.8 Å². The van der Waals surface area contributed by atoms with E-state index in [1.54, 1.807) is 7.11 Å². The second-order valence-corrected chi connectivity index (χ2v) is 7.14. The van der Waals surface area contributed by atoms with E-state index < -0.39 is 0 Å². The molecule has 1 aliphatic rings. The summed E-state index contributed by atoms with van der Waals surface area (Å²) in [5.74, 6) is 1.06. The van der Waals surface area contributed by atoms with Crippen molar-refractivity contribution in [3.8, 4) is 5.75 Å². The summed E-state index contributed by atoms with van der Waals surface area (Å²) in [6.07, 6.45) is 0. The summed E-state index contributed by atoms with van der Waals surface area (Å²) in [6.45, 7) is 3.42. The summed E-state index contributed by atoms with van der Waals surface area (Å²) in [6, 6.07) is 18.1. The van der Waals surface area contributed by atoms with Gasteiger partial charge in [0.15, 0.2) is 0 Å². The van der Waals surface area contributed by atoms with Crippen LogP contribution in [0.25, 0.3) is 0 Å². The number of benzene rings is 2. The zero-order chi connectivity index (χ0) is 19.8. The molecule has 7 heteroatoms. The average molecular weight is 420 g/mol. The molecule has 1 heterocycles. The number of rotatable bonds is 9. The van der Waals surface area contributed by atoms with Crippen molar-refractivity contribution < 1.29 is 14.3 Å². The van der Waals surface area contributed by atoms with Gasteiger partial charge in [-0.05, 0) is 23.3 Å². The third kappa shape index (κ3) is 7.01. The van der Waals surface area contributed by atoms with Gasteiger partial charge in [0, 0.05) is 38.7 Å². The van der Waals surface area contributed by atoms with Crippen LogP contribution in [-0.2, 0) is 16.1 Å². The number of carbonyl (C=O) groups is 1. The Hall–Kier alpha value is -2.12. The fraction of sp³-hybridized carbons (Fsp3) is 0.409. The largest absolute Gasteiger partial charge is 0.491 e. The SMILES string of the molecule is COCCOc1cccc(CNC(=O)CN2C[C@@H](N)[C@H](c3ccccc3)C2)c1.Cl. The molecule has 2 atom stereocenters. The van der Waals surface area contributed by atoms with Gasteiger partial charge in [0.05, 0.1) is 13.2 Å². The van der Waals surface area contributed by atoms with E-state index in [1.807, 2.05) is 42.5 Å². The molecule has 2 aromatic carbocycles. The van der Waals surface area contributed by atoms with Gasteiger partial charge in [0.25, 0.3) is 0 Å². The lowest BCUT2D eigenvalue weighted by Crippen LogP contribution is -2.37. The minimum Gasteiger partial charge on any atom is -0.491 e. The molecule has 1 amide bonds. The minimum absolute atomic E-state index is 0. The number of amides is 1. The van der Waals surface area contributed by atoms with Gasteiger partial charge in [-0.1, -0.05) is 42.5 Å². The number of likely N-dealkylation sites (tertiary alicyclic amines) is 1. The number of halogens is 1. The van der Waals surface area contributed by atoms with Crippen LogP contribution < -0.4 is 15.8 Å². The van der Waals surface area contributed by atoms with Crippen molar-refractivity contribution in [2.45, 2.75) is 18.5 Å². The predicted octanol–water partition coefficient (Wildman–Crippen LogP) is 2.18. The van der Waals surface area contributed by atoms with Crippen LogP contribution in [0, 0.1) is 0 Å². The van der Waals surface area contributed by atoms with E-state index in [1.165, 1.54) is 5.56 Å². The van der Waals surface area contributed by atoms with Gasteiger partial charge in [-0.3, -0.25) is 9.69 Å². The summed E-state index contributed by atoms with van der Waals surface area (Å²) in [4.78, 5) is 14.5. The van der Waals surface area contributed by atoms with Gasteiger partial charge in [0.2, 0.25) is 5.91 Å². The smallest absolute Gasteiger partial charge is 0.234 e. The number of carbonyl (C=O) groups excluding carboxylic acids is 1. The Bertz CT molecular complexity index is 760. The van der Waals surface area contributed by atoms with Gasteiger partial charge >= 0.3 is 0 Å². The minimum atomic E-state index is 0. The highest BCUT2D eigenvalue weighted by atomic mass is 35.5. The quantitative estimate of drug-likeness (QED) is 0.609. The van der Waals surface area contributed by atoms with Crippen molar-refractivity contribution in [2.24, 2.45) is 5.73 Å². The highest BCUT2D eigenvalue weighted by molar-refractivity contribution is 5.85. The first-order valence-electron chi connectivity index (χ1n) is 9.66. The lowest BCUT2D eigenvalue weighted by atomic mass is 9.95. The molecule has 0 bridgehead atoms. The molecule has 1 saturated heterocycles. The highest BCUT2D eigenvalue weighted by Crippen LogP contribution is 2.25. The normalized spacial score (nSPS) is 18.8. The second-order valence-electron chi connectivity index (χ2n) is 7.14. The summed E-state index contributed by atoms with van der Waals surface area (Å²) in [7, 11) is 1.64. The van der Waals surface area contributed by atoms with E-state index >= 15 is 0 Å². The number of hydrogen-bond acceptors (Lipinski definition) is 5. The first-order chi connectivity index (χ1) is 13.7. The molecule has 0 unspecified atom stereocenters. The number of hydrogen-bond donors (Lipinski definition) is 2. The molecule has 3 N–H and O–H groups in total. The second kappa shape index (κ2) is 11.8. The van der Waals surface area contributed by atoms with Crippen molar-refractivity contribution in [1.29, 1.82) is 0 Å². The Kier molecular flexibility index (Phi) is 9.41. The van der Waals surface area contributed by atoms with Gasteiger partial charge < -0.3 is 20.5 Å². The van der Waals surface area contributed by atoms with Crippen molar-refractivity contribution >= 4 is 18.3 Å². The van der Waals surface area contributed by atoms with E-state index in [0.717, 1.165) is 24.4 Å². The molecule has 0 spiro atoms. The summed E-state index contributed by atoms with van der Waals surface area (Å²) in [5.41, 5.74) is 8.55. The zero-order valence-electron chi connectivity index (χ0n) is 16.8. The van der Waals surface area contributed by atoms with E-state index in [9.17, 15) is 4.79 Å². The lowest BCUT2D eigenvalue weighted by Gasteiger charge is -2.16. The molecule has 2 aromatic rings. The van der Waals surface area contributed by atoms with Gasteiger partial charge in [0.1, 0.15) is 12.4 Å². The standard InChI is InChI=1S/C22H29N3O3.ClH/c1-27-10-11-28-19-9-5-6-17(12-19)13-24-22(26)16-25-14-20(21(23)15-25)18-7-3-2-4-8-18;/h2-9,12,20-21H,10-11,13-16,23H2,1H3,(H,24,26);1H/t20-,21+;/m0./s1. The van der Waals surface area contributed by atoms with Crippen LogP contribution in [0.3, 0.4) is 0 Å². The third-order valence-corrected chi connectivity index (χ3v) is 4.98. The molecule has 0 aromatic heterocycles. The van der Waals surface area contributed by atoms with Crippen LogP contribution in [0.5, 0.6) is 5.75 Å². The van der Waals surface area contributed by atoms with Crippen molar-refractivity contribution in [1.82, 2.24) is 10.2 Å². The van der Waals surface area contributed by atoms with Crippen molar-refractivity contribution in [3.63, 3.8) is 0 Å². The summed E-state index contributed by atoms with van der Waals surface area (Å²) in [5, 5.41) is 2.99. The fourth-order valence-corrected chi connectivity index (χ4v) is 3.54. The van der Waals surface area contributed by atoms with E-state index in [2.05, 4.69) is 22.3 Å². The predicted molar refractivity (Wildman–Crippen MR) is 117 cm³/mol. The Morgan fingerprint density at radius 2 is 1.93 bits per heavy atom. The molecular weight excluding hydrogens is 390 g/mol. The molecule has 1 aliphatic heterocycles. The number of nitrogens with one attached hydrogen (secondary N) is 1. The van der Waals surface area contributed by atoms with Gasteiger partial charge in [-0.25, -0.2) is 0 Å². The first-order valence-corrected chi connectivity index (χ1v) is 9.66. The molecule has 0 saturated carbocycles. The van der Waals surface area contributed by atoms with Crippen LogP contribution in [0.1, 0.15) is 17.0 Å². The molecule has 29 heavy (non-hydrogen) atoms. The number of nitrogens with two attached hydrogens (primary N) is 1. The zero-order valence-corrected chi connectivity index (χ0v) is 17.6. The first kappa shape index (κ1) is 23.2. The average Bonchev–Trinajstić information content (AvgIpc) is 3.07. The molecular formula is C22H30ClN3O3.